The maximum Gasteiger partial charge on any atom is 0.0513 e. The summed E-state index contributed by atoms with van der Waals surface area (Å²) in [6, 6.07) is 7.33. The highest BCUT2D eigenvalue weighted by atomic mass is 79.9. The van der Waals surface area contributed by atoms with Gasteiger partial charge in [0.05, 0.1) is 5.69 Å². The molecule has 2 unspecified atom stereocenters. The first-order chi connectivity index (χ1) is 8.79. The molecule has 0 bridgehead atoms. The molecular weight excluding hydrogens is 310 g/mol. The Hall–Kier alpha value is -0.210. The molecule has 0 N–H and O–H groups in total. The summed E-state index contributed by atoms with van der Waals surface area (Å²) in [6.45, 7) is 1.22. The third kappa shape index (κ3) is 2.30. The van der Waals surface area contributed by atoms with Crippen LogP contribution in [0.2, 0.25) is 0 Å². The molecule has 1 aliphatic carbocycles. The molecule has 18 heavy (non-hydrogen) atoms. The van der Waals surface area contributed by atoms with Crippen LogP contribution in [0.1, 0.15) is 37.7 Å². The first kappa shape index (κ1) is 12.8. The van der Waals surface area contributed by atoms with Gasteiger partial charge in [-0.15, -0.1) is 11.6 Å². The van der Waals surface area contributed by atoms with Gasteiger partial charge in [0, 0.05) is 22.9 Å². The summed E-state index contributed by atoms with van der Waals surface area (Å²) in [4.78, 5) is 2.62. The lowest BCUT2D eigenvalue weighted by Gasteiger charge is -2.33. The number of rotatable bonds is 2. The van der Waals surface area contributed by atoms with E-state index in [1.54, 1.807) is 0 Å². The molecular formula is C15H19BrClN. The van der Waals surface area contributed by atoms with Crippen molar-refractivity contribution in [1.82, 2.24) is 0 Å². The molecule has 2 fully saturated rings. The number of hydrogen-bond donors (Lipinski definition) is 0. The van der Waals surface area contributed by atoms with Crippen LogP contribution in [0, 0.1) is 5.92 Å². The van der Waals surface area contributed by atoms with Crippen LogP contribution in [0.5, 0.6) is 0 Å². The van der Waals surface area contributed by atoms with E-state index in [1.165, 1.54) is 54.4 Å². The molecule has 0 aromatic heterocycles. The van der Waals surface area contributed by atoms with E-state index in [0.717, 1.165) is 12.0 Å². The van der Waals surface area contributed by atoms with E-state index >= 15 is 0 Å². The van der Waals surface area contributed by atoms with Crippen molar-refractivity contribution in [3.63, 3.8) is 0 Å². The van der Waals surface area contributed by atoms with E-state index in [-0.39, 0.29) is 0 Å². The van der Waals surface area contributed by atoms with Crippen molar-refractivity contribution in [2.24, 2.45) is 5.92 Å². The van der Waals surface area contributed by atoms with Crippen molar-refractivity contribution in [3.05, 3.63) is 28.2 Å². The Balaban J connectivity index is 1.86. The monoisotopic (exact) mass is 327 g/mol. The molecule has 0 spiro atoms. The van der Waals surface area contributed by atoms with Crippen molar-refractivity contribution in [2.45, 2.75) is 44.0 Å². The van der Waals surface area contributed by atoms with Crippen LogP contribution in [-0.2, 0) is 5.88 Å². The van der Waals surface area contributed by atoms with E-state index in [1.807, 2.05) is 0 Å². The number of benzene rings is 1. The quantitative estimate of drug-likeness (QED) is 0.694. The van der Waals surface area contributed by atoms with Gasteiger partial charge in [0.25, 0.3) is 0 Å². The van der Waals surface area contributed by atoms with Gasteiger partial charge in [0.1, 0.15) is 0 Å². The Morgan fingerprint density at radius 2 is 2.06 bits per heavy atom. The Labute approximate surface area is 123 Å². The second kappa shape index (κ2) is 5.42. The largest absolute Gasteiger partial charge is 0.367 e. The van der Waals surface area contributed by atoms with Gasteiger partial charge in [-0.05, 0) is 58.8 Å². The zero-order valence-electron chi connectivity index (χ0n) is 10.5. The summed E-state index contributed by atoms with van der Waals surface area (Å²) in [6.07, 6.45) is 7.00. The molecule has 2 aliphatic rings. The molecule has 1 aromatic carbocycles. The topological polar surface area (TPSA) is 3.24 Å². The van der Waals surface area contributed by atoms with Crippen molar-refractivity contribution in [3.8, 4) is 0 Å². The predicted octanol–water partition coefficient (Wildman–Crippen LogP) is 4.96. The maximum atomic E-state index is 5.89. The van der Waals surface area contributed by atoms with Crippen molar-refractivity contribution in [2.75, 3.05) is 11.4 Å². The Bertz CT molecular complexity index is 435. The zero-order chi connectivity index (χ0) is 12.5. The molecule has 3 rings (SSSR count). The molecule has 1 saturated heterocycles. The maximum absolute atomic E-state index is 5.89. The highest BCUT2D eigenvalue weighted by Gasteiger charge is 2.36. The lowest BCUT2D eigenvalue weighted by molar-refractivity contribution is 0.342. The second-order valence-electron chi connectivity index (χ2n) is 5.51. The fourth-order valence-corrected chi connectivity index (χ4v) is 4.39. The molecule has 1 nitrogen and oxygen atoms in total. The normalized spacial score (nSPS) is 27.3. The number of fused-ring (bicyclic) bond motifs is 1. The molecule has 98 valence electrons. The third-order valence-corrected chi connectivity index (χ3v) is 5.43. The molecule has 1 heterocycles. The van der Waals surface area contributed by atoms with E-state index in [0.29, 0.717) is 5.88 Å². The van der Waals surface area contributed by atoms with Crippen LogP contribution in [0.25, 0.3) is 0 Å². The SMILES string of the molecule is ClCc1ccc(N2CCC3CCCCC32)c(Br)c1. The van der Waals surface area contributed by atoms with Gasteiger partial charge in [-0.2, -0.15) is 0 Å². The van der Waals surface area contributed by atoms with Gasteiger partial charge in [-0.25, -0.2) is 0 Å². The molecule has 3 heteroatoms. The standard InChI is InChI=1S/C15H19BrClN/c16-13-9-11(10-17)5-6-15(13)18-8-7-12-3-1-2-4-14(12)18/h5-6,9,12,14H,1-4,7-8,10H2. The average Bonchev–Trinajstić information content (AvgIpc) is 2.82. The minimum atomic E-state index is 0.588. The molecule has 1 saturated carbocycles. The fraction of sp³-hybridized carbons (Fsp3) is 0.600. The lowest BCUT2D eigenvalue weighted by atomic mass is 9.85. The average molecular weight is 329 g/mol. The Kier molecular flexibility index (Phi) is 3.86. The number of alkyl halides is 1. The van der Waals surface area contributed by atoms with Gasteiger partial charge in [-0.3, -0.25) is 0 Å². The van der Waals surface area contributed by atoms with Gasteiger partial charge >= 0.3 is 0 Å². The van der Waals surface area contributed by atoms with Crippen molar-refractivity contribution >= 4 is 33.2 Å². The minimum absolute atomic E-state index is 0.588. The third-order valence-electron chi connectivity index (χ3n) is 4.49. The van der Waals surface area contributed by atoms with Crippen LogP contribution in [0.3, 0.4) is 0 Å². The van der Waals surface area contributed by atoms with Crippen LogP contribution < -0.4 is 4.90 Å². The summed E-state index contributed by atoms with van der Waals surface area (Å²) in [7, 11) is 0. The van der Waals surface area contributed by atoms with Gasteiger partial charge in [0.15, 0.2) is 0 Å². The van der Waals surface area contributed by atoms with E-state index in [9.17, 15) is 0 Å². The number of halogens is 2. The van der Waals surface area contributed by atoms with E-state index in [4.69, 9.17) is 11.6 Å². The second-order valence-corrected chi connectivity index (χ2v) is 6.63. The lowest BCUT2D eigenvalue weighted by Crippen LogP contribution is -2.34. The Morgan fingerprint density at radius 1 is 1.22 bits per heavy atom. The highest BCUT2D eigenvalue weighted by molar-refractivity contribution is 9.10. The minimum Gasteiger partial charge on any atom is -0.367 e. The summed E-state index contributed by atoms with van der Waals surface area (Å²) in [5.74, 6) is 1.52. The first-order valence-electron chi connectivity index (χ1n) is 6.90. The van der Waals surface area contributed by atoms with E-state index in [2.05, 4.69) is 39.0 Å². The Morgan fingerprint density at radius 3 is 2.83 bits per heavy atom. The summed E-state index contributed by atoms with van der Waals surface area (Å²) in [5.41, 5.74) is 2.55. The van der Waals surface area contributed by atoms with E-state index < -0.39 is 0 Å². The number of anilines is 1. The smallest absolute Gasteiger partial charge is 0.0513 e. The molecule has 1 aromatic rings. The molecule has 2 atom stereocenters. The van der Waals surface area contributed by atoms with Crippen LogP contribution >= 0.6 is 27.5 Å². The molecule has 0 radical (unpaired) electrons. The van der Waals surface area contributed by atoms with Crippen LogP contribution in [0.4, 0.5) is 5.69 Å². The summed E-state index contributed by atoms with van der Waals surface area (Å²) in [5, 5.41) is 0. The van der Waals surface area contributed by atoms with Gasteiger partial charge in [0.2, 0.25) is 0 Å². The molecule has 1 aliphatic heterocycles. The predicted molar refractivity (Wildman–Crippen MR) is 81.4 cm³/mol. The molecule has 0 amide bonds. The van der Waals surface area contributed by atoms with Crippen LogP contribution in [0.15, 0.2) is 22.7 Å². The van der Waals surface area contributed by atoms with Crippen LogP contribution in [-0.4, -0.2) is 12.6 Å². The van der Waals surface area contributed by atoms with Crippen molar-refractivity contribution in [1.29, 1.82) is 0 Å². The summed E-state index contributed by atoms with van der Waals surface area (Å²) >= 11 is 9.60. The van der Waals surface area contributed by atoms with Gasteiger partial charge in [-0.1, -0.05) is 18.9 Å². The first-order valence-corrected chi connectivity index (χ1v) is 8.23. The highest BCUT2D eigenvalue weighted by Crippen LogP contribution is 2.41. The van der Waals surface area contributed by atoms with Gasteiger partial charge < -0.3 is 4.90 Å². The number of nitrogens with zero attached hydrogens (tertiary/aromatic N) is 1. The zero-order valence-corrected chi connectivity index (χ0v) is 12.9. The van der Waals surface area contributed by atoms with Crippen molar-refractivity contribution < 1.29 is 0 Å². The number of hydrogen-bond acceptors (Lipinski definition) is 1. The summed E-state index contributed by atoms with van der Waals surface area (Å²) < 4.78 is 1.20. The fourth-order valence-electron chi connectivity index (χ4n) is 3.57.